The van der Waals surface area contributed by atoms with Crippen molar-refractivity contribution >= 4 is 0 Å². The van der Waals surface area contributed by atoms with Crippen molar-refractivity contribution in [3.05, 3.63) is 17.0 Å². The zero-order valence-electron chi connectivity index (χ0n) is 12.8. The molecule has 2 aliphatic rings. The molecule has 19 heavy (non-hydrogen) atoms. The van der Waals surface area contributed by atoms with E-state index in [0.29, 0.717) is 12.1 Å². The third kappa shape index (κ3) is 1.93. The minimum absolute atomic E-state index is 0.481. The number of nitrogens with one attached hydrogen (secondary N) is 1. The molecule has 4 nitrogen and oxygen atoms in total. The lowest BCUT2D eigenvalue weighted by Gasteiger charge is -2.31. The fourth-order valence-corrected chi connectivity index (χ4v) is 4.27. The van der Waals surface area contributed by atoms with E-state index in [2.05, 4.69) is 43.0 Å². The average molecular weight is 262 g/mol. The van der Waals surface area contributed by atoms with Crippen LogP contribution in [0.5, 0.6) is 0 Å². The van der Waals surface area contributed by atoms with Crippen molar-refractivity contribution in [3.63, 3.8) is 0 Å². The van der Waals surface area contributed by atoms with E-state index in [1.54, 1.807) is 0 Å². The molecule has 1 aromatic heterocycles. The topological polar surface area (TPSA) is 33.1 Å². The molecule has 2 aliphatic heterocycles. The number of aryl methyl sites for hydroxylation is 2. The van der Waals surface area contributed by atoms with Crippen LogP contribution in [0.1, 0.15) is 36.8 Å². The average Bonchev–Trinajstić information content (AvgIpc) is 2.98. The number of fused-ring (bicyclic) bond motifs is 1. The summed E-state index contributed by atoms with van der Waals surface area (Å²) in [5.74, 6) is 1.68. The Morgan fingerprint density at radius 3 is 2.63 bits per heavy atom. The maximum absolute atomic E-state index is 4.58. The van der Waals surface area contributed by atoms with E-state index < -0.39 is 0 Å². The van der Waals surface area contributed by atoms with Crippen molar-refractivity contribution in [2.45, 2.75) is 39.8 Å². The smallest absolute Gasteiger partial charge is 0.0644 e. The normalized spacial score (nSPS) is 32.8. The van der Waals surface area contributed by atoms with Gasteiger partial charge in [-0.15, -0.1) is 0 Å². The van der Waals surface area contributed by atoms with Gasteiger partial charge in [-0.2, -0.15) is 5.10 Å². The van der Waals surface area contributed by atoms with Crippen LogP contribution in [-0.2, 0) is 7.05 Å². The van der Waals surface area contributed by atoms with Gasteiger partial charge in [-0.1, -0.05) is 0 Å². The minimum atomic E-state index is 0.481. The van der Waals surface area contributed by atoms with Crippen molar-refractivity contribution in [2.75, 3.05) is 19.6 Å². The molecule has 4 unspecified atom stereocenters. The van der Waals surface area contributed by atoms with E-state index in [-0.39, 0.29) is 0 Å². The fraction of sp³-hybridized carbons (Fsp3) is 0.800. The lowest BCUT2D eigenvalue weighted by molar-refractivity contribution is 0.181. The second-order valence-corrected chi connectivity index (χ2v) is 6.40. The maximum Gasteiger partial charge on any atom is 0.0644 e. The SMILES string of the molecule is Cc1nn(C)c(C)c1C(C)N1CC2CNCC2C1C. The van der Waals surface area contributed by atoms with E-state index in [0.717, 1.165) is 11.8 Å². The van der Waals surface area contributed by atoms with Crippen LogP contribution in [0, 0.1) is 25.7 Å². The molecule has 0 saturated carbocycles. The van der Waals surface area contributed by atoms with Crippen molar-refractivity contribution in [3.8, 4) is 0 Å². The zero-order chi connectivity index (χ0) is 13.7. The van der Waals surface area contributed by atoms with Gasteiger partial charge in [-0.25, -0.2) is 0 Å². The monoisotopic (exact) mass is 262 g/mol. The molecule has 4 atom stereocenters. The lowest BCUT2D eigenvalue weighted by Crippen LogP contribution is -2.35. The largest absolute Gasteiger partial charge is 0.316 e. The van der Waals surface area contributed by atoms with Gasteiger partial charge in [0.25, 0.3) is 0 Å². The number of nitrogens with zero attached hydrogens (tertiary/aromatic N) is 3. The number of hydrogen-bond acceptors (Lipinski definition) is 3. The van der Waals surface area contributed by atoms with Gasteiger partial charge in [0.1, 0.15) is 0 Å². The van der Waals surface area contributed by atoms with Gasteiger partial charge in [-0.05, 0) is 52.6 Å². The van der Waals surface area contributed by atoms with Crippen LogP contribution in [0.4, 0.5) is 0 Å². The molecule has 2 fully saturated rings. The van der Waals surface area contributed by atoms with E-state index in [1.165, 1.54) is 36.6 Å². The van der Waals surface area contributed by atoms with E-state index in [1.807, 2.05) is 11.7 Å². The lowest BCUT2D eigenvalue weighted by atomic mass is 9.95. The molecule has 3 rings (SSSR count). The van der Waals surface area contributed by atoms with E-state index in [9.17, 15) is 0 Å². The Bertz CT molecular complexity index is 479. The molecule has 0 radical (unpaired) electrons. The van der Waals surface area contributed by atoms with Gasteiger partial charge < -0.3 is 5.32 Å². The summed E-state index contributed by atoms with van der Waals surface area (Å²) in [5.41, 5.74) is 3.93. The number of rotatable bonds is 2. The molecular weight excluding hydrogens is 236 g/mol. The predicted octanol–water partition coefficient (Wildman–Crippen LogP) is 1.64. The number of likely N-dealkylation sites (tertiary alicyclic amines) is 1. The summed E-state index contributed by atoms with van der Waals surface area (Å²) in [7, 11) is 2.05. The van der Waals surface area contributed by atoms with Crippen molar-refractivity contribution in [1.29, 1.82) is 0 Å². The standard InChI is InChI=1S/C15H26N4/c1-9-15(11(3)18(5)17-9)12(4)19-8-13-6-16-7-14(13)10(19)2/h10,12-14,16H,6-8H2,1-5H3. The van der Waals surface area contributed by atoms with Gasteiger partial charge in [0, 0.05) is 36.9 Å². The van der Waals surface area contributed by atoms with Crippen LogP contribution in [0.3, 0.4) is 0 Å². The summed E-state index contributed by atoms with van der Waals surface area (Å²) >= 11 is 0. The molecule has 3 heterocycles. The minimum Gasteiger partial charge on any atom is -0.316 e. The van der Waals surface area contributed by atoms with Gasteiger partial charge in [-0.3, -0.25) is 9.58 Å². The Balaban J connectivity index is 1.86. The Morgan fingerprint density at radius 2 is 2.05 bits per heavy atom. The third-order valence-electron chi connectivity index (χ3n) is 5.46. The van der Waals surface area contributed by atoms with Gasteiger partial charge >= 0.3 is 0 Å². The van der Waals surface area contributed by atoms with Crippen LogP contribution < -0.4 is 5.32 Å². The maximum atomic E-state index is 4.58. The van der Waals surface area contributed by atoms with Crippen LogP contribution >= 0.6 is 0 Å². The molecule has 0 aliphatic carbocycles. The molecule has 1 aromatic rings. The summed E-state index contributed by atoms with van der Waals surface area (Å²) in [6.45, 7) is 12.7. The second-order valence-electron chi connectivity index (χ2n) is 6.40. The van der Waals surface area contributed by atoms with Crippen LogP contribution in [0.2, 0.25) is 0 Å². The molecule has 0 spiro atoms. The first-order chi connectivity index (χ1) is 9.00. The highest BCUT2D eigenvalue weighted by Gasteiger charge is 2.44. The highest BCUT2D eigenvalue weighted by atomic mass is 15.3. The number of aromatic nitrogens is 2. The fourth-order valence-electron chi connectivity index (χ4n) is 4.27. The summed E-state index contributed by atoms with van der Waals surface area (Å²) in [5, 5.41) is 8.12. The molecular formula is C15H26N4. The Morgan fingerprint density at radius 1 is 1.32 bits per heavy atom. The molecule has 2 saturated heterocycles. The van der Waals surface area contributed by atoms with Crippen molar-refractivity contribution < 1.29 is 0 Å². The molecule has 0 aromatic carbocycles. The van der Waals surface area contributed by atoms with Crippen LogP contribution in [-0.4, -0.2) is 40.4 Å². The molecule has 106 valence electrons. The molecule has 0 bridgehead atoms. The van der Waals surface area contributed by atoms with Gasteiger partial charge in [0.2, 0.25) is 0 Å². The third-order valence-corrected chi connectivity index (χ3v) is 5.46. The summed E-state index contributed by atoms with van der Waals surface area (Å²) in [4.78, 5) is 2.69. The quantitative estimate of drug-likeness (QED) is 0.879. The molecule has 4 heteroatoms. The van der Waals surface area contributed by atoms with E-state index in [4.69, 9.17) is 0 Å². The first kappa shape index (κ1) is 13.1. The van der Waals surface area contributed by atoms with Crippen molar-refractivity contribution in [2.24, 2.45) is 18.9 Å². The first-order valence-electron chi connectivity index (χ1n) is 7.47. The van der Waals surface area contributed by atoms with Gasteiger partial charge in [0.05, 0.1) is 5.69 Å². The first-order valence-corrected chi connectivity index (χ1v) is 7.47. The Kier molecular flexibility index (Phi) is 3.18. The van der Waals surface area contributed by atoms with Crippen LogP contribution in [0.25, 0.3) is 0 Å². The second kappa shape index (κ2) is 4.60. The number of hydrogen-bond donors (Lipinski definition) is 1. The summed E-state index contributed by atoms with van der Waals surface area (Å²) in [6, 6.07) is 1.16. The summed E-state index contributed by atoms with van der Waals surface area (Å²) < 4.78 is 2.02. The van der Waals surface area contributed by atoms with Gasteiger partial charge in [0.15, 0.2) is 0 Å². The molecule has 1 N–H and O–H groups in total. The highest BCUT2D eigenvalue weighted by Crippen LogP contribution is 2.39. The highest BCUT2D eigenvalue weighted by molar-refractivity contribution is 5.28. The Labute approximate surface area is 116 Å². The summed E-state index contributed by atoms with van der Waals surface area (Å²) in [6.07, 6.45) is 0. The Hall–Kier alpha value is -0.870. The van der Waals surface area contributed by atoms with E-state index >= 15 is 0 Å². The molecule has 0 amide bonds. The van der Waals surface area contributed by atoms with Crippen molar-refractivity contribution in [1.82, 2.24) is 20.0 Å². The zero-order valence-corrected chi connectivity index (χ0v) is 12.8. The van der Waals surface area contributed by atoms with Crippen LogP contribution in [0.15, 0.2) is 0 Å². The predicted molar refractivity (Wildman–Crippen MR) is 77.1 cm³/mol.